The zero-order valence-electron chi connectivity index (χ0n) is 43.8. The van der Waals surface area contributed by atoms with E-state index in [9.17, 15) is 9.59 Å². The zero-order chi connectivity index (χ0) is 50.9. The molecule has 12 rings (SSSR count). The highest BCUT2D eigenvalue weighted by molar-refractivity contribution is 7.10. The molecule has 3 aromatic heterocycles. The Hall–Kier alpha value is -4.37. The minimum absolute atomic E-state index is 0.00741. The lowest BCUT2D eigenvalue weighted by Crippen LogP contribution is -2.70. The van der Waals surface area contributed by atoms with E-state index in [1.165, 1.54) is 34.8 Å². The maximum Gasteiger partial charge on any atom is 0.324 e. The van der Waals surface area contributed by atoms with E-state index < -0.39 is 35.6 Å². The maximum atomic E-state index is 15.2. The van der Waals surface area contributed by atoms with E-state index >= 15 is 4.79 Å². The van der Waals surface area contributed by atoms with Crippen LogP contribution in [0.4, 0.5) is 0 Å². The molecule has 1 spiro atoms. The Labute approximate surface area is 438 Å². The summed E-state index contributed by atoms with van der Waals surface area (Å²) in [5.74, 6) is -0.681. The van der Waals surface area contributed by atoms with Crippen LogP contribution in [0.5, 0.6) is 0 Å². The number of nitrogens with one attached hydrogen (secondary N) is 2. The molecule has 7 aliphatic heterocycles. The molecule has 7 atom stereocenters. The van der Waals surface area contributed by atoms with Crippen LogP contribution >= 0.6 is 11.3 Å². The van der Waals surface area contributed by atoms with Gasteiger partial charge in [0, 0.05) is 109 Å². The van der Waals surface area contributed by atoms with Crippen LogP contribution < -0.4 is 10.7 Å². The van der Waals surface area contributed by atoms with Gasteiger partial charge in [-0.3, -0.25) is 34.2 Å². The van der Waals surface area contributed by atoms with Gasteiger partial charge in [0.05, 0.1) is 68.4 Å². The Morgan fingerprint density at radius 3 is 2.57 bits per heavy atom. The second-order valence-electron chi connectivity index (χ2n) is 23.6. The number of carbonyl (C=O) groups excluding carboxylic acids is 3. The smallest absolute Gasteiger partial charge is 0.324 e. The van der Waals surface area contributed by atoms with Gasteiger partial charge in [-0.2, -0.15) is 0 Å². The molecule has 2 N–H and O–H groups in total. The average Bonchev–Trinajstić information content (AvgIpc) is 3.77. The normalized spacial score (nSPS) is 29.1. The first-order valence-corrected chi connectivity index (χ1v) is 28.3. The van der Waals surface area contributed by atoms with Crippen molar-refractivity contribution in [1.82, 2.24) is 40.1 Å². The number of rotatable bonds is 12. The molecule has 0 unspecified atom stereocenters. The molecule has 4 aromatic rings. The standard InChI is InChI=1S/C56H74N8O9S/c1-33-26-72-50(33)51(65)59-47-49(62-28-56(29-62)31-70-32-56)52-58-44(27-74-52)35-8-11-45-40(21-35)42(23-55(3,4)30-73-54(67)43-7-6-15-64(60-43)53(47)66)48(63(45)17-20-71-39-13-18-69-19-14-39)41-22-37(24-57-46(41)34(2)68-5)36-12-16-61(25-36)38-9-10-38/h8,11,21-22,24,27,33-34,36,38-39,43,47,49-50,60H,6-7,9-10,12-20,23,25-26,28-32H2,1-5H3,(H,59,65)/t33-,34-,36-,43-,47-,49-,50+/m0/s1. The van der Waals surface area contributed by atoms with E-state index in [1.807, 2.05) is 6.92 Å². The van der Waals surface area contributed by atoms with Gasteiger partial charge in [-0.05, 0) is 100 Å². The van der Waals surface area contributed by atoms with Crippen LogP contribution in [-0.4, -0.2) is 164 Å². The summed E-state index contributed by atoms with van der Waals surface area (Å²) in [5, 5.41) is 8.60. The second kappa shape index (κ2) is 20.5. The van der Waals surface area contributed by atoms with Crippen molar-refractivity contribution in [3.05, 3.63) is 57.7 Å². The molecule has 1 aliphatic carbocycles. The molecule has 1 saturated carbocycles. The molecule has 8 aliphatic rings. The van der Waals surface area contributed by atoms with Gasteiger partial charge in [0.1, 0.15) is 23.2 Å². The summed E-state index contributed by atoms with van der Waals surface area (Å²) in [6, 6.07) is 7.37. The number of esters is 1. The average molecular weight is 1040 g/mol. The van der Waals surface area contributed by atoms with Crippen molar-refractivity contribution in [2.45, 2.75) is 134 Å². The lowest BCUT2D eigenvalue weighted by atomic mass is 9.76. The number of amides is 2. The summed E-state index contributed by atoms with van der Waals surface area (Å²) in [4.78, 5) is 59.3. The highest BCUT2D eigenvalue weighted by atomic mass is 32.1. The topological polar surface area (TPSA) is 171 Å². The Morgan fingerprint density at radius 1 is 1.01 bits per heavy atom. The van der Waals surface area contributed by atoms with Crippen molar-refractivity contribution in [3.8, 4) is 22.5 Å². The Kier molecular flexibility index (Phi) is 14.0. The molecule has 0 radical (unpaired) electrons. The lowest BCUT2D eigenvalue weighted by Gasteiger charge is -2.58. The largest absolute Gasteiger partial charge is 0.464 e. The minimum Gasteiger partial charge on any atom is -0.464 e. The number of benzene rings is 1. The number of aromatic nitrogens is 3. The molecule has 7 fully saturated rings. The predicted octanol–water partition coefficient (Wildman–Crippen LogP) is 6.20. The molecule has 6 saturated heterocycles. The van der Waals surface area contributed by atoms with Gasteiger partial charge in [-0.25, -0.2) is 10.4 Å². The molecule has 398 valence electrons. The second-order valence-corrected chi connectivity index (χ2v) is 24.5. The molecule has 10 heterocycles. The third-order valence-electron chi connectivity index (χ3n) is 17.2. The number of methoxy groups -OCH3 is 1. The molecule has 18 heteroatoms. The Balaban J connectivity index is 1.01. The van der Waals surface area contributed by atoms with E-state index in [0.29, 0.717) is 97.0 Å². The third-order valence-corrected chi connectivity index (χ3v) is 18.2. The van der Waals surface area contributed by atoms with Crippen molar-refractivity contribution < 1.29 is 42.8 Å². The Bertz CT molecular complexity index is 2740. The van der Waals surface area contributed by atoms with Crippen molar-refractivity contribution >= 4 is 40.0 Å². The number of hydrogen-bond acceptors (Lipinski definition) is 15. The number of hydrogen-bond donors (Lipinski definition) is 2. The highest BCUT2D eigenvalue weighted by Gasteiger charge is 2.55. The molecule has 6 bridgehead atoms. The zero-order valence-corrected chi connectivity index (χ0v) is 44.6. The summed E-state index contributed by atoms with van der Waals surface area (Å²) in [5.41, 5.74) is 10.9. The van der Waals surface area contributed by atoms with Crippen LogP contribution in [-0.2, 0) is 55.8 Å². The summed E-state index contributed by atoms with van der Waals surface area (Å²) < 4.78 is 38.7. The van der Waals surface area contributed by atoms with E-state index in [1.54, 1.807) is 7.11 Å². The van der Waals surface area contributed by atoms with E-state index in [4.69, 9.17) is 38.4 Å². The SMILES string of the molecule is CO[C@@H](C)c1ncc([C@H]2CCN(C3CC3)C2)cc1-c1c2c3cc(ccc3n1CCOC1CCOCC1)-c1csc(n1)[C@@H](N1CC3(COC3)C1)[C@H](NC(=O)[C@@H]1OC[C@@H]1C)C(=O)N1CCC[C@H](N1)C(=O)OCC(C)(C)C2. The number of likely N-dealkylation sites (tertiary alicyclic amines) is 2. The van der Waals surface area contributed by atoms with Gasteiger partial charge in [0.2, 0.25) is 5.91 Å². The predicted molar refractivity (Wildman–Crippen MR) is 278 cm³/mol. The fraction of sp³-hybridized carbons (Fsp3) is 0.661. The third kappa shape index (κ3) is 9.85. The lowest BCUT2D eigenvalue weighted by molar-refractivity contribution is -0.203. The first-order valence-electron chi connectivity index (χ1n) is 27.4. The fourth-order valence-electron chi connectivity index (χ4n) is 12.7. The van der Waals surface area contributed by atoms with Crippen LogP contribution in [0.1, 0.15) is 113 Å². The number of ether oxygens (including phenoxy) is 6. The first kappa shape index (κ1) is 50.4. The number of fused-ring (bicyclic) bond motifs is 6. The van der Waals surface area contributed by atoms with Crippen molar-refractivity contribution in [2.75, 3.05) is 86.1 Å². The quantitative estimate of drug-likeness (QED) is 0.154. The Morgan fingerprint density at radius 2 is 1.84 bits per heavy atom. The monoisotopic (exact) mass is 1030 g/mol. The number of nitrogens with zero attached hydrogens (tertiary/aromatic N) is 6. The van der Waals surface area contributed by atoms with E-state index in [0.717, 1.165) is 82.0 Å². The number of thiazole rings is 1. The van der Waals surface area contributed by atoms with Crippen molar-refractivity contribution in [1.29, 1.82) is 0 Å². The molecule has 74 heavy (non-hydrogen) atoms. The molecular weight excluding hydrogens is 961 g/mol. The van der Waals surface area contributed by atoms with Crippen molar-refractivity contribution in [3.63, 3.8) is 0 Å². The van der Waals surface area contributed by atoms with E-state index in [-0.39, 0.29) is 42.0 Å². The minimum atomic E-state index is -1.03. The number of cyclic esters (lactones) is 1. The van der Waals surface area contributed by atoms with Crippen molar-refractivity contribution in [2.24, 2.45) is 16.7 Å². The first-order chi connectivity index (χ1) is 35.8. The summed E-state index contributed by atoms with van der Waals surface area (Å²) >= 11 is 1.51. The molecule has 17 nitrogen and oxygen atoms in total. The maximum absolute atomic E-state index is 15.2. The highest BCUT2D eigenvalue weighted by Crippen LogP contribution is 2.47. The molecular formula is C56H74N8O9S. The number of hydrazine groups is 1. The molecule has 2 amide bonds. The van der Waals surface area contributed by atoms with Crippen LogP contribution in [0.25, 0.3) is 33.4 Å². The van der Waals surface area contributed by atoms with Gasteiger partial charge in [0.25, 0.3) is 5.91 Å². The molecule has 1 aromatic carbocycles. The summed E-state index contributed by atoms with van der Waals surface area (Å²) in [6.07, 6.45) is 8.33. The van der Waals surface area contributed by atoms with Gasteiger partial charge >= 0.3 is 5.97 Å². The summed E-state index contributed by atoms with van der Waals surface area (Å²) in [6.45, 7) is 16.7. The number of pyridine rings is 1. The van der Waals surface area contributed by atoms with Crippen LogP contribution in [0.3, 0.4) is 0 Å². The fourth-order valence-corrected chi connectivity index (χ4v) is 13.7. The van der Waals surface area contributed by atoms with Gasteiger partial charge in [0.15, 0.2) is 0 Å². The van der Waals surface area contributed by atoms with Gasteiger partial charge in [-0.1, -0.05) is 26.8 Å². The van der Waals surface area contributed by atoms with E-state index in [2.05, 4.69) is 81.7 Å². The summed E-state index contributed by atoms with van der Waals surface area (Å²) in [7, 11) is 1.75. The van der Waals surface area contributed by atoms with Crippen LogP contribution in [0, 0.1) is 16.7 Å². The van der Waals surface area contributed by atoms with Crippen LogP contribution in [0.15, 0.2) is 35.8 Å². The van der Waals surface area contributed by atoms with Crippen LogP contribution in [0.2, 0.25) is 0 Å². The van der Waals surface area contributed by atoms with Gasteiger partial charge in [-0.15, -0.1) is 11.3 Å². The van der Waals surface area contributed by atoms with Gasteiger partial charge < -0.3 is 38.3 Å². The number of carbonyl (C=O) groups is 3.